The third-order valence-corrected chi connectivity index (χ3v) is 7.54. The number of phenolic OH excluding ortho intramolecular Hbond substituents is 1. The van der Waals surface area contributed by atoms with Gasteiger partial charge in [-0.3, -0.25) is 4.72 Å². The van der Waals surface area contributed by atoms with E-state index in [2.05, 4.69) is 14.5 Å². The maximum absolute atomic E-state index is 12.0. The zero-order chi connectivity index (χ0) is 30.4. The van der Waals surface area contributed by atoms with E-state index in [-0.39, 0.29) is 5.75 Å². The summed E-state index contributed by atoms with van der Waals surface area (Å²) in [6.07, 6.45) is 1.14. The van der Waals surface area contributed by atoms with E-state index < -0.39 is 10.0 Å². The maximum Gasteiger partial charge on any atom is 0.229 e. The number of nitrogens with zero attached hydrogens (tertiary/aromatic N) is 2. The first-order valence-electron chi connectivity index (χ1n) is 13.6. The SMILES string of the molecule is [C-]#[N+]c1ccc(CN(Cc2ccc(Oc3cccc(-c4ccc(O)cc4)c3)cc2)c2cccc(NS(C)(=O)=O)c2C)cc1. The van der Waals surface area contributed by atoms with E-state index in [0.29, 0.717) is 36.0 Å². The second kappa shape index (κ2) is 12.7. The number of hydrogen-bond acceptors (Lipinski definition) is 5. The van der Waals surface area contributed by atoms with E-state index in [4.69, 9.17) is 11.3 Å². The molecule has 0 bridgehead atoms. The molecule has 216 valence electrons. The number of anilines is 2. The Hall–Kier alpha value is -5.26. The van der Waals surface area contributed by atoms with Gasteiger partial charge in [0.2, 0.25) is 10.0 Å². The average Bonchev–Trinajstić information content (AvgIpc) is 2.99. The normalized spacial score (nSPS) is 11.0. The van der Waals surface area contributed by atoms with Crippen molar-refractivity contribution in [3.05, 3.63) is 143 Å². The molecule has 43 heavy (non-hydrogen) atoms. The Bertz CT molecular complexity index is 1860. The van der Waals surface area contributed by atoms with E-state index in [1.54, 1.807) is 30.3 Å². The van der Waals surface area contributed by atoms with Crippen molar-refractivity contribution in [2.75, 3.05) is 15.9 Å². The lowest BCUT2D eigenvalue weighted by atomic mass is 10.1. The lowest BCUT2D eigenvalue weighted by Crippen LogP contribution is -2.23. The van der Waals surface area contributed by atoms with Crippen molar-refractivity contribution in [2.45, 2.75) is 20.0 Å². The van der Waals surface area contributed by atoms with Gasteiger partial charge in [0.05, 0.1) is 18.5 Å². The Morgan fingerprint density at radius 2 is 1.42 bits per heavy atom. The molecule has 0 aliphatic rings. The number of aromatic hydroxyl groups is 1. The highest BCUT2D eigenvalue weighted by Gasteiger charge is 2.15. The van der Waals surface area contributed by atoms with Crippen LogP contribution in [0.3, 0.4) is 0 Å². The van der Waals surface area contributed by atoms with Gasteiger partial charge in [-0.2, -0.15) is 0 Å². The molecule has 0 aromatic heterocycles. The summed E-state index contributed by atoms with van der Waals surface area (Å²) >= 11 is 0. The van der Waals surface area contributed by atoms with Crippen LogP contribution in [-0.4, -0.2) is 19.8 Å². The van der Waals surface area contributed by atoms with E-state index in [9.17, 15) is 13.5 Å². The summed E-state index contributed by atoms with van der Waals surface area (Å²) in [5.74, 6) is 1.62. The fourth-order valence-electron chi connectivity index (χ4n) is 4.81. The molecule has 7 nitrogen and oxygen atoms in total. The number of hydrogen-bond donors (Lipinski definition) is 2. The lowest BCUT2D eigenvalue weighted by Gasteiger charge is -2.28. The predicted octanol–water partition coefficient (Wildman–Crippen LogP) is 8.29. The van der Waals surface area contributed by atoms with E-state index in [1.165, 1.54) is 0 Å². The molecule has 0 saturated carbocycles. The zero-order valence-electron chi connectivity index (χ0n) is 23.9. The molecular formula is C35H31N3O4S. The Labute approximate surface area is 252 Å². The second-order valence-electron chi connectivity index (χ2n) is 10.3. The first-order valence-corrected chi connectivity index (χ1v) is 15.5. The molecule has 8 heteroatoms. The summed E-state index contributed by atoms with van der Waals surface area (Å²) in [5, 5.41) is 9.59. The van der Waals surface area contributed by atoms with Crippen molar-refractivity contribution >= 4 is 27.1 Å². The van der Waals surface area contributed by atoms with Crippen LogP contribution >= 0.6 is 0 Å². The molecule has 0 atom stereocenters. The fourth-order valence-corrected chi connectivity index (χ4v) is 5.43. The van der Waals surface area contributed by atoms with Gasteiger partial charge < -0.3 is 14.7 Å². The second-order valence-corrected chi connectivity index (χ2v) is 12.0. The van der Waals surface area contributed by atoms with Crippen molar-refractivity contribution < 1.29 is 18.3 Å². The van der Waals surface area contributed by atoms with Gasteiger partial charge in [0.15, 0.2) is 5.69 Å². The van der Waals surface area contributed by atoms with Crippen LogP contribution < -0.4 is 14.4 Å². The van der Waals surface area contributed by atoms with Crippen LogP contribution in [0, 0.1) is 13.5 Å². The van der Waals surface area contributed by atoms with E-state index >= 15 is 0 Å². The Balaban J connectivity index is 1.38. The molecule has 0 unspecified atom stereocenters. The van der Waals surface area contributed by atoms with Gasteiger partial charge in [-0.1, -0.05) is 66.7 Å². The van der Waals surface area contributed by atoms with Gasteiger partial charge in [-0.15, -0.1) is 0 Å². The fraction of sp³-hybridized carbons (Fsp3) is 0.114. The van der Waals surface area contributed by atoms with Gasteiger partial charge >= 0.3 is 0 Å². The molecule has 5 rings (SSSR count). The van der Waals surface area contributed by atoms with Gasteiger partial charge in [-0.05, 0) is 83.3 Å². The number of phenols is 1. The first kappa shape index (κ1) is 29.2. The minimum atomic E-state index is -3.44. The minimum Gasteiger partial charge on any atom is -0.508 e. The molecule has 0 radical (unpaired) electrons. The van der Waals surface area contributed by atoms with Crippen LogP contribution in [0.4, 0.5) is 17.1 Å². The molecule has 5 aromatic rings. The highest BCUT2D eigenvalue weighted by Crippen LogP contribution is 2.32. The molecular weight excluding hydrogens is 558 g/mol. The average molecular weight is 590 g/mol. The Kier molecular flexibility index (Phi) is 8.65. The molecule has 0 spiro atoms. The van der Waals surface area contributed by atoms with Gasteiger partial charge in [0, 0.05) is 18.8 Å². The number of nitrogens with one attached hydrogen (secondary N) is 1. The standard InChI is InChI=1S/C35H31N3O4S/c1-25-34(37-43(3,40)41)8-5-9-35(25)38(23-26-10-16-30(36-2)17-11-26)24-27-12-20-32(21-13-27)42-33-7-4-6-29(22-33)28-14-18-31(39)19-15-28/h4-22,37,39H,23-24H2,1,3H3. The molecule has 0 saturated heterocycles. The Morgan fingerprint density at radius 3 is 2.05 bits per heavy atom. The first-order chi connectivity index (χ1) is 20.7. The van der Waals surface area contributed by atoms with Crippen LogP contribution in [0.5, 0.6) is 17.2 Å². The summed E-state index contributed by atoms with van der Waals surface area (Å²) in [5.41, 5.74) is 6.87. The number of benzene rings is 5. The lowest BCUT2D eigenvalue weighted by molar-refractivity contribution is 0.475. The third-order valence-electron chi connectivity index (χ3n) is 6.95. The maximum atomic E-state index is 12.0. The number of ether oxygens (including phenoxy) is 1. The van der Waals surface area contributed by atoms with Crippen LogP contribution in [0.15, 0.2) is 115 Å². The van der Waals surface area contributed by atoms with Crippen molar-refractivity contribution in [2.24, 2.45) is 0 Å². The molecule has 0 aliphatic carbocycles. The van der Waals surface area contributed by atoms with Crippen LogP contribution in [0.2, 0.25) is 0 Å². The van der Waals surface area contributed by atoms with E-state index in [1.807, 2.05) is 91.9 Å². The molecule has 5 aromatic carbocycles. The molecule has 2 N–H and O–H groups in total. The monoisotopic (exact) mass is 589 g/mol. The van der Waals surface area contributed by atoms with Gasteiger partial charge in [0.25, 0.3) is 0 Å². The largest absolute Gasteiger partial charge is 0.508 e. The summed E-state index contributed by atoms with van der Waals surface area (Å²) in [6, 6.07) is 35.8. The topological polar surface area (TPSA) is 83.2 Å². The molecule has 0 amide bonds. The zero-order valence-corrected chi connectivity index (χ0v) is 24.7. The van der Waals surface area contributed by atoms with Gasteiger partial charge in [0.1, 0.15) is 17.2 Å². The minimum absolute atomic E-state index is 0.223. The van der Waals surface area contributed by atoms with E-state index in [0.717, 1.165) is 39.8 Å². The summed E-state index contributed by atoms with van der Waals surface area (Å²) in [6.45, 7) is 10.3. The summed E-state index contributed by atoms with van der Waals surface area (Å²) in [7, 11) is -3.44. The quantitative estimate of drug-likeness (QED) is 0.160. The van der Waals surface area contributed by atoms with Crippen molar-refractivity contribution in [1.29, 1.82) is 0 Å². The molecule has 0 heterocycles. The van der Waals surface area contributed by atoms with Crippen molar-refractivity contribution in [3.63, 3.8) is 0 Å². The van der Waals surface area contributed by atoms with Crippen molar-refractivity contribution in [3.8, 4) is 28.4 Å². The van der Waals surface area contributed by atoms with Crippen LogP contribution in [-0.2, 0) is 23.1 Å². The Morgan fingerprint density at radius 1 is 0.791 bits per heavy atom. The van der Waals surface area contributed by atoms with Crippen LogP contribution in [0.1, 0.15) is 16.7 Å². The van der Waals surface area contributed by atoms with Crippen LogP contribution in [0.25, 0.3) is 16.0 Å². The summed E-state index contributed by atoms with van der Waals surface area (Å²) < 4.78 is 32.7. The smallest absolute Gasteiger partial charge is 0.229 e. The summed E-state index contributed by atoms with van der Waals surface area (Å²) in [4.78, 5) is 5.68. The molecule has 0 aliphatic heterocycles. The van der Waals surface area contributed by atoms with Gasteiger partial charge in [-0.25, -0.2) is 13.3 Å². The highest BCUT2D eigenvalue weighted by atomic mass is 32.2. The predicted molar refractivity (Wildman–Crippen MR) is 172 cm³/mol. The number of rotatable bonds is 10. The number of sulfonamides is 1. The highest BCUT2D eigenvalue weighted by molar-refractivity contribution is 7.92. The van der Waals surface area contributed by atoms with Crippen molar-refractivity contribution in [1.82, 2.24) is 0 Å². The molecule has 0 fully saturated rings. The third kappa shape index (κ3) is 7.73.